The van der Waals surface area contributed by atoms with Crippen molar-refractivity contribution in [2.75, 3.05) is 5.32 Å². The Morgan fingerprint density at radius 2 is 2.14 bits per heavy atom. The summed E-state index contributed by atoms with van der Waals surface area (Å²) in [6, 6.07) is 4.20. The largest absolute Gasteiger partial charge is 0.322 e. The summed E-state index contributed by atoms with van der Waals surface area (Å²) in [7, 11) is 0. The van der Waals surface area contributed by atoms with E-state index in [2.05, 4.69) is 20.8 Å². The van der Waals surface area contributed by atoms with E-state index in [1.807, 2.05) is 13.8 Å². The van der Waals surface area contributed by atoms with E-state index in [4.69, 9.17) is 5.73 Å². The Kier molecular flexibility index (Phi) is 4.27. The lowest BCUT2D eigenvalue weighted by atomic mass is 9.93. The zero-order chi connectivity index (χ0) is 15.5. The van der Waals surface area contributed by atoms with Gasteiger partial charge in [-0.25, -0.2) is 9.07 Å². The number of halogens is 1. The van der Waals surface area contributed by atoms with Gasteiger partial charge in [-0.3, -0.25) is 4.79 Å². The van der Waals surface area contributed by atoms with Crippen LogP contribution in [0.3, 0.4) is 0 Å². The van der Waals surface area contributed by atoms with Crippen molar-refractivity contribution in [2.45, 2.75) is 32.2 Å². The highest BCUT2D eigenvalue weighted by molar-refractivity contribution is 5.98. The van der Waals surface area contributed by atoms with Crippen molar-refractivity contribution in [1.29, 1.82) is 0 Å². The molecule has 7 nitrogen and oxygen atoms in total. The molecule has 1 aromatic carbocycles. The summed E-state index contributed by atoms with van der Waals surface area (Å²) in [5.41, 5.74) is 5.56. The molecule has 0 aliphatic rings. The lowest BCUT2D eigenvalue weighted by Crippen LogP contribution is -2.50. The summed E-state index contributed by atoms with van der Waals surface area (Å²) in [6.07, 6.45) is 2.30. The first-order valence-electron chi connectivity index (χ1n) is 6.63. The van der Waals surface area contributed by atoms with Crippen molar-refractivity contribution in [3.63, 3.8) is 0 Å². The number of tetrazole rings is 1. The molecule has 0 saturated heterocycles. The fourth-order valence-electron chi connectivity index (χ4n) is 1.85. The van der Waals surface area contributed by atoms with Gasteiger partial charge in [-0.1, -0.05) is 13.8 Å². The molecule has 0 atom stereocenters. The summed E-state index contributed by atoms with van der Waals surface area (Å²) in [4.78, 5) is 12.2. The molecule has 21 heavy (non-hydrogen) atoms. The second kappa shape index (κ2) is 5.96. The molecular weight excluding hydrogens is 275 g/mol. The summed E-state index contributed by atoms with van der Waals surface area (Å²) >= 11 is 0. The first-order valence-corrected chi connectivity index (χ1v) is 6.63. The Balaban J connectivity index is 2.28. The van der Waals surface area contributed by atoms with Gasteiger partial charge in [-0.15, -0.1) is 5.10 Å². The van der Waals surface area contributed by atoms with Crippen LogP contribution in [-0.4, -0.2) is 31.7 Å². The number of nitrogens with two attached hydrogens (primary N) is 1. The van der Waals surface area contributed by atoms with Gasteiger partial charge in [0.05, 0.1) is 16.9 Å². The average Bonchev–Trinajstić information content (AvgIpc) is 3.02. The van der Waals surface area contributed by atoms with Crippen LogP contribution in [0.1, 0.15) is 26.7 Å². The number of anilines is 1. The fraction of sp³-hybridized carbons (Fsp3) is 0.385. The van der Waals surface area contributed by atoms with Crippen LogP contribution >= 0.6 is 0 Å². The molecule has 1 amide bonds. The van der Waals surface area contributed by atoms with Crippen molar-refractivity contribution in [3.8, 4) is 5.69 Å². The standard InChI is InChI=1S/C13H17FN6O/c1-3-13(15,4-2)12(21)17-11-7-9(5-6-10(11)14)20-8-16-18-19-20/h5-8H,3-4,15H2,1-2H3,(H,17,21). The highest BCUT2D eigenvalue weighted by atomic mass is 19.1. The number of hydrogen-bond acceptors (Lipinski definition) is 5. The Morgan fingerprint density at radius 1 is 1.43 bits per heavy atom. The van der Waals surface area contributed by atoms with E-state index in [-0.39, 0.29) is 5.69 Å². The van der Waals surface area contributed by atoms with Gasteiger partial charge in [0.1, 0.15) is 12.1 Å². The van der Waals surface area contributed by atoms with Crippen LogP contribution in [-0.2, 0) is 4.79 Å². The number of nitrogens with zero attached hydrogens (tertiary/aromatic N) is 4. The van der Waals surface area contributed by atoms with Crippen molar-refractivity contribution >= 4 is 11.6 Å². The van der Waals surface area contributed by atoms with Crippen LogP contribution < -0.4 is 11.1 Å². The van der Waals surface area contributed by atoms with Crippen LogP contribution in [0.2, 0.25) is 0 Å². The van der Waals surface area contributed by atoms with Gasteiger partial charge in [0, 0.05) is 0 Å². The average molecular weight is 292 g/mol. The molecular formula is C13H17FN6O. The Labute approximate surface area is 121 Å². The smallest absolute Gasteiger partial charge is 0.244 e. The summed E-state index contributed by atoms with van der Waals surface area (Å²) in [5, 5.41) is 13.3. The normalized spacial score (nSPS) is 11.4. The molecule has 1 aromatic heterocycles. The zero-order valence-electron chi connectivity index (χ0n) is 11.9. The van der Waals surface area contributed by atoms with Crippen molar-refractivity contribution in [2.24, 2.45) is 5.73 Å². The van der Waals surface area contributed by atoms with Crippen molar-refractivity contribution in [3.05, 3.63) is 30.3 Å². The van der Waals surface area contributed by atoms with Gasteiger partial charge in [0.15, 0.2) is 0 Å². The molecule has 0 aliphatic carbocycles. The van der Waals surface area contributed by atoms with Gasteiger partial charge < -0.3 is 11.1 Å². The monoisotopic (exact) mass is 292 g/mol. The molecule has 0 saturated carbocycles. The molecule has 8 heteroatoms. The second-order valence-corrected chi connectivity index (χ2v) is 4.74. The molecule has 1 heterocycles. The second-order valence-electron chi connectivity index (χ2n) is 4.74. The summed E-state index contributed by atoms with van der Waals surface area (Å²) < 4.78 is 15.2. The molecule has 2 aromatic rings. The first-order chi connectivity index (χ1) is 10.00. The van der Waals surface area contributed by atoms with Gasteiger partial charge in [0.25, 0.3) is 0 Å². The molecule has 0 bridgehead atoms. The number of rotatable bonds is 5. The topological polar surface area (TPSA) is 98.7 Å². The first kappa shape index (κ1) is 15.0. The van der Waals surface area contributed by atoms with Crippen LogP contribution in [0.4, 0.5) is 10.1 Å². The predicted molar refractivity (Wildman–Crippen MR) is 75.2 cm³/mol. The van der Waals surface area contributed by atoms with Crippen LogP contribution in [0.5, 0.6) is 0 Å². The van der Waals surface area contributed by atoms with E-state index in [0.29, 0.717) is 18.5 Å². The lowest BCUT2D eigenvalue weighted by molar-refractivity contribution is -0.121. The van der Waals surface area contributed by atoms with Crippen LogP contribution in [0.15, 0.2) is 24.5 Å². The predicted octanol–water partition coefficient (Wildman–Crippen LogP) is 1.26. The van der Waals surface area contributed by atoms with Gasteiger partial charge >= 0.3 is 0 Å². The number of aromatic nitrogens is 4. The fourth-order valence-corrected chi connectivity index (χ4v) is 1.85. The van der Waals surface area contributed by atoms with E-state index in [9.17, 15) is 9.18 Å². The third-order valence-corrected chi connectivity index (χ3v) is 3.53. The minimum absolute atomic E-state index is 0.0460. The Morgan fingerprint density at radius 3 is 2.71 bits per heavy atom. The van der Waals surface area contributed by atoms with E-state index in [1.165, 1.54) is 29.2 Å². The number of amides is 1. The van der Waals surface area contributed by atoms with Crippen molar-refractivity contribution in [1.82, 2.24) is 20.2 Å². The third kappa shape index (κ3) is 3.05. The van der Waals surface area contributed by atoms with Gasteiger partial charge in [-0.2, -0.15) is 0 Å². The number of carbonyl (C=O) groups is 1. The number of nitrogens with one attached hydrogen (secondary N) is 1. The van der Waals surface area contributed by atoms with Gasteiger partial charge in [0.2, 0.25) is 5.91 Å². The quantitative estimate of drug-likeness (QED) is 0.864. The molecule has 0 spiro atoms. The van der Waals surface area contributed by atoms with Crippen LogP contribution in [0.25, 0.3) is 5.69 Å². The molecule has 0 radical (unpaired) electrons. The minimum atomic E-state index is -1.02. The van der Waals surface area contributed by atoms with E-state index in [1.54, 1.807) is 0 Å². The zero-order valence-corrected chi connectivity index (χ0v) is 11.9. The lowest BCUT2D eigenvalue weighted by Gasteiger charge is -2.25. The minimum Gasteiger partial charge on any atom is -0.322 e. The third-order valence-electron chi connectivity index (χ3n) is 3.53. The molecule has 3 N–H and O–H groups in total. The van der Waals surface area contributed by atoms with E-state index in [0.717, 1.165) is 0 Å². The molecule has 0 unspecified atom stereocenters. The maximum Gasteiger partial charge on any atom is 0.244 e. The number of hydrogen-bond donors (Lipinski definition) is 2. The van der Waals surface area contributed by atoms with E-state index < -0.39 is 17.3 Å². The van der Waals surface area contributed by atoms with Crippen LogP contribution in [0, 0.1) is 5.82 Å². The van der Waals surface area contributed by atoms with Gasteiger partial charge in [-0.05, 0) is 41.5 Å². The molecule has 2 rings (SSSR count). The Bertz CT molecular complexity index is 624. The molecule has 0 aliphatic heterocycles. The molecule has 0 fully saturated rings. The summed E-state index contributed by atoms with van der Waals surface area (Å²) in [6.45, 7) is 3.63. The van der Waals surface area contributed by atoms with E-state index >= 15 is 0 Å². The highest BCUT2D eigenvalue weighted by Crippen LogP contribution is 2.21. The SMILES string of the molecule is CCC(N)(CC)C(=O)Nc1cc(-n2cnnn2)ccc1F. The number of carbonyl (C=O) groups excluding carboxylic acids is 1. The summed E-state index contributed by atoms with van der Waals surface area (Å²) in [5.74, 6) is -0.963. The maximum absolute atomic E-state index is 13.9. The molecule has 112 valence electrons. The highest BCUT2D eigenvalue weighted by Gasteiger charge is 2.30. The maximum atomic E-state index is 13.9. The van der Waals surface area contributed by atoms with Crippen molar-refractivity contribution < 1.29 is 9.18 Å². The number of benzene rings is 1. The Hall–Kier alpha value is -2.35.